The first-order valence-corrected chi connectivity index (χ1v) is 6.01. The first-order chi connectivity index (χ1) is 8.47. The molecular weight excluding hydrogens is 259 g/mol. The van der Waals surface area contributed by atoms with E-state index in [2.05, 4.69) is 16.6 Å². The number of methoxy groups -OCH3 is 1. The molecule has 0 radical (unpaired) electrons. The van der Waals surface area contributed by atoms with Crippen molar-refractivity contribution in [3.8, 4) is 0 Å². The molecule has 0 saturated heterocycles. The van der Waals surface area contributed by atoms with Gasteiger partial charge < -0.3 is 4.74 Å². The van der Waals surface area contributed by atoms with Gasteiger partial charge in [-0.3, -0.25) is 10.1 Å². The highest BCUT2D eigenvalue weighted by Crippen LogP contribution is 2.35. The maximum atomic E-state index is 13.1. The molecule has 19 heavy (non-hydrogen) atoms. The number of ether oxygens (including phenoxy) is 1. The molecule has 0 aliphatic rings. The fraction of sp³-hybridized carbons (Fsp3) is 0.769. The van der Waals surface area contributed by atoms with Crippen LogP contribution in [0.25, 0.3) is 0 Å². The summed E-state index contributed by atoms with van der Waals surface area (Å²) in [4.78, 5) is 11.6. The monoisotopic (exact) mass is 281 g/mol. The topological polar surface area (TPSA) is 38.3 Å². The first-order valence-electron chi connectivity index (χ1n) is 6.01. The molecule has 2 atom stereocenters. The van der Waals surface area contributed by atoms with Crippen LogP contribution in [-0.2, 0) is 9.53 Å². The molecule has 1 N–H and O–H groups in total. The minimum Gasteiger partial charge on any atom is -0.468 e. The van der Waals surface area contributed by atoms with Crippen LogP contribution < -0.4 is 5.32 Å². The molecule has 0 aromatic rings. The molecule has 0 heterocycles. The van der Waals surface area contributed by atoms with Gasteiger partial charge in [-0.15, -0.1) is 6.58 Å². The highest BCUT2D eigenvalue weighted by molar-refractivity contribution is 5.76. The highest BCUT2D eigenvalue weighted by Gasteiger charge is 2.49. The van der Waals surface area contributed by atoms with E-state index in [1.54, 1.807) is 13.8 Å². The molecule has 1 unspecified atom stereocenters. The van der Waals surface area contributed by atoms with E-state index in [0.717, 1.165) is 7.11 Å². The van der Waals surface area contributed by atoms with Gasteiger partial charge in [0, 0.05) is 5.41 Å². The Bertz CT molecular complexity index is 324. The zero-order valence-corrected chi connectivity index (χ0v) is 12.0. The van der Waals surface area contributed by atoms with Crippen molar-refractivity contribution in [2.75, 3.05) is 7.11 Å². The Morgan fingerprint density at radius 1 is 1.32 bits per heavy atom. The van der Waals surface area contributed by atoms with Crippen LogP contribution in [-0.4, -0.2) is 31.3 Å². The second-order valence-electron chi connectivity index (χ2n) is 5.41. The van der Waals surface area contributed by atoms with Crippen LogP contribution in [0, 0.1) is 11.3 Å². The van der Waals surface area contributed by atoms with E-state index in [9.17, 15) is 18.0 Å². The maximum Gasteiger partial charge on any atom is 0.404 e. The van der Waals surface area contributed by atoms with Crippen LogP contribution in [0.15, 0.2) is 12.7 Å². The number of halogens is 3. The molecule has 3 nitrogen and oxygen atoms in total. The maximum absolute atomic E-state index is 13.1. The Morgan fingerprint density at radius 2 is 1.79 bits per heavy atom. The van der Waals surface area contributed by atoms with Crippen LogP contribution in [0.1, 0.15) is 27.7 Å². The Hall–Kier alpha value is -1.04. The summed E-state index contributed by atoms with van der Waals surface area (Å²) in [5.41, 5.74) is -1.24. The van der Waals surface area contributed by atoms with Crippen molar-refractivity contribution in [2.24, 2.45) is 11.3 Å². The number of hydrogen-bond donors (Lipinski definition) is 1. The molecule has 0 rings (SSSR count). The van der Waals surface area contributed by atoms with Gasteiger partial charge in [-0.25, -0.2) is 0 Å². The molecule has 6 heteroatoms. The Kier molecular flexibility index (Phi) is 6.06. The summed E-state index contributed by atoms with van der Waals surface area (Å²) in [7, 11) is 1.15. The average molecular weight is 281 g/mol. The number of esters is 1. The lowest BCUT2D eigenvalue weighted by Gasteiger charge is -2.36. The van der Waals surface area contributed by atoms with Crippen molar-refractivity contribution in [3.63, 3.8) is 0 Å². The zero-order valence-electron chi connectivity index (χ0n) is 12.0. The molecular formula is C13H22F3NO2. The van der Waals surface area contributed by atoms with Crippen molar-refractivity contribution in [2.45, 2.75) is 46.0 Å². The molecule has 0 aromatic carbocycles. The summed E-state index contributed by atoms with van der Waals surface area (Å²) >= 11 is 0. The summed E-state index contributed by atoms with van der Waals surface area (Å²) in [6, 6.07) is -2.89. The van der Waals surface area contributed by atoms with Gasteiger partial charge in [-0.1, -0.05) is 33.8 Å². The van der Waals surface area contributed by atoms with Crippen molar-refractivity contribution in [3.05, 3.63) is 12.7 Å². The summed E-state index contributed by atoms with van der Waals surface area (Å²) < 4.78 is 43.9. The number of carbonyl (C=O) groups excluding carboxylic acids is 1. The van der Waals surface area contributed by atoms with Crippen LogP contribution in [0.4, 0.5) is 13.2 Å². The second kappa shape index (κ2) is 6.41. The minimum atomic E-state index is -4.49. The van der Waals surface area contributed by atoms with Crippen LogP contribution in [0.2, 0.25) is 0 Å². The van der Waals surface area contributed by atoms with E-state index in [1.165, 1.54) is 19.9 Å². The predicted molar refractivity (Wildman–Crippen MR) is 67.6 cm³/mol. The van der Waals surface area contributed by atoms with Crippen LogP contribution >= 0.6 is 0 Å². The lowest BCUT2D eigenvalue weighted by molar-refractivity contribution is -0.179. The van der Waals surface area contributed by atoms with Gasteiger partial charge in [-0.05, 0) is 5.92 Å². The Balaban J connectivity index is 5.31. The Labute approximate surface area is 112 Å². The van der Waals surface area contributed by atoms with E-state index in [1.807, 2.05) is 0 Å². The van der Waals surface area contributed by atoms with Crippen molar-refractivity contribution in [1.82, 2.24) is 5.32 Å². The summed E-state index contributed by atoms with van der Waals surface area (Å²) in [6.45, 7) is 9.57. The van der Waals surface area contributed by atoms with Crippen molar-refractivity contribution in [1.29, 1.82) is 0 Å². The van der Waals surface area contributed by atoms with E-state index < -0.39 is 29.6 Å². The van der Waals surface area contributed by atoms with Crippen molar-refractivity contribution >= 4 is 5.97 Å². The second-order valence-corrected chi connectivity index (χ2v) is 5.41. The lowest BCUT2D eigenvalue weighted by atomic mass is 9.83. The number of alkyl halides is 3. The number of hydrogen-bond acceptors (Lipinski definition) is 3. The fourth-order valence-corrected chi connectivity index (χ4v) is 1.69. The summed E-state index contributed by atoms with van der Waals surface area (Å²) in [5.74, 6) is -1.03. The van der Waals surface area contributed by atoms with Gasteiger partial charge in [0.05, 0.1) is 7.11 Å². The summed E-state index contributed by atoms with van der Waals surface area (Å²) in [5, 5.41) is 2.36. The van der Waals surface area contributed by atoms with Crippen molar-refractivity contribution < 1.29 is 22.7 Å². The van der Waals surface area contributed by atoms with E-state index in [0.29, 0.717) is 0 Å². The molecule has 0 fully saturated rings. The zero-order chi connectivity index (χ0) is 15.4. The molecule has 0 saturated carbocycles. The quantitative estimate of drug-likeness (QED) is 0.601. The fourth-order valence-electron chi connectivity index (χ4n) is 1.69. The molecule has 0 aliphatic carbocycles. The van der Waals surface area contributed by atoms with E-state index in [-0.39, 0.29) is 5.92 Å². The standard InChI is InChI=1S/C13H22F3NO2/c1-7-12(4,5)11(13(14,15)16)17-9(8(2)3)10(18)19-6/h7-9,11,17H,1H2,2-6H3/t9?,11-/m0/s1. The van der Waals surface area contributed by atoms with Crippen LogP contribution in [0.5, 0.6) is 0 Å². The number of carbonyl (C=O) groups is 1. The van der Waals surface area contributed by atoms with Gasteiger partial charge in [0.1, 0.15) is 12.1 Å². The lowest BCUT2D eigenvalue weighted by Crippen LogP contribution is -2.58. The van der Waals surface area contributed by atoms with Crippen LogP contribution in [0.3, 0.4) is 0 Å². The third-order valence-corrected chi connectivity index (χ3v) is 3.07. The third kappa shape index (κ3) is 4.86. The highest BCUT2D eigenvalue weighted by atomic mass is 19.4. The molecule has 0 spiro atoms. The first kappa shape index (κ1) is 18.0. The van der Waals surface area contributed by atoms with E-state index >= 15 is 0 Å². The molecule has 0 aromatic heterocycles. The van der Waals surface area contributed by atoms with Gasteiger partial charge in [0.15, 0.2) is 0 Å². The van der Waals surface area contributed by atoms with Gasteiger partial charge in [0.25, 0.3) is 0 Å². The van der Waals surface area contributed by atoms with Gasteiger partial charge in [-0.2, -0.15) is 13.2 Å². The molecule has 0 amide bonds. The van der Waals surface area contributed by atoms with Gasteiger partial charge in [0.2, 0.25) is 0 Å². The number of rotatable bonds is 6. The summed E-state index contributed by atoms with van der Waals surface area (Å²) in [6.07, 6.45) is -3.26. The minimum absolute atomic E-state index is 0.321. The molecule has 0 aliphatic heterocycles. The molecule has 112 valence electrons. The Morgan fingerprint density at radius 3 is 2.05 bits per heavy atom. The average Bonchev–Trinajstić information content (AvgIpc) is 2.26. The SMILES string of the molecule is C=CC(C)(C)[C@H](NC(C(=O)OC)C(C)C)C(F)(F)F. The van der Waals surface area contributed by atoms with E-state index in [4.69, 9.17) is 0 Å². The largest absolute Gasteiger partial charge is 0.468 e. The predicted octanol–water partition coefficient (Wildman–Crippen LogP) is 2.92. The molecule has 0 bridgehead atoms. The number of nitrogens with one attached hydrogen (secondary N) is 1. The van der Waals surface area contributed by atoms with Gasteiger partial charge >= 0.3 is 12.1 Å². The normalized spacial score (nSPS) is 16.1. The smallest absolute Gasteiger partial charge is 0.404 e. The third-order valence-electron chi connectivity index (χ3n) is 3.07.